The van der Waals surface area contributed by atoms with Gasteiger partial charge in [-0.2, -0.15) is 0 Å². The molecule has 0 saturated heterocycles. The predicted octanol–water partition coefficient (Wildman–Crippen LogP) is 4.97. The first-order valence-corrected chi connectivity index (χ1v) is 7.12. The van der Waals surface area contributed by atoms with Crippen LogP contribution in [0.4, 0.5) is 0 Å². The van der Waals surface area contributed by atoms with Crippen LogP contribution in [-0.2, 0) is 0 Å². The maximum atomic E-state index is 12.5. The Kier molecular flexibility index (Phi) is 4.08. The molecule has 2 rings (SSSR count). The van der Waals surface area contributed by atoms with Crippen LogP contribution in [0.5, 0.6) is 0 Å². The standard InChI is InChI=1S/C19H22O/c1-12(2)18-9-8-17(11-15(18)5)19(20)16-7-6-13(3)14(4)10-16/h6-12H,1-5H3. The Balaban J connectivity index is 2.38. The third kappa shape index (κ3) is 2.82. The Morgan fingerprint density at radius 1 is 0.800 bits per heavy atom. The Labute approximate surface area is 121 Å². The molecular weight excluding hydrogens is 244 g/mol. The fourth-order valence-corrected chi connectivity index (χ4v) is 2.51. The minimum absolute atomic E-state index is 0.103. The molecule has 0 saturated carbocycles. The first-order valence-electron chi connectivity index (χ1n) is 7.12. The lowest BCUT2D eigenvalue weighted by atomic mass is 9.93. The number of hydrogen-bond donors (Lipinski definition) is 0. The fraction of sp³-hybridized carbons (Fsp3) is 0.316. The molecule has 1 nitrogen and oxygen atoms in total. The highest BCUT2D eigenvalue weighted by Gasteiger charge is 2.12. The summed E-state index contributed by atoms with van der Waals surface area (Å²) in [6, 6.07) is 11.9. The number of benzene rings is 2. The summed E-state index contributed by atoms with van der Waals surface area (Å²) in [4.78, 5) is 12.5. The van der Waals surface area contributed by atoms with Gasteiger partial charge in [-0.25, -0.2) is 0 Å². The van der Waals surface area contributed by atoms with E-state index < -0.39 is 0 Å². The summed E-state index contributed by atoms with van der Waals surface area (Å²) < 4.78 is 0. The minimum atomic E-state index is 0.103. The molecule has 0 N–H and O–H groups in total. The van der Waals surface area contributed by atoms with Crippen molar-refractivity contribution in [3.63, 3.8) is 0 Å². The third-order valence-corrected chi connectivity index (χ3v) is 3.92. The highest BCUT2D eigenvalue weighted by molar-refractivity contribution is 6.09. The Morgan fingerprint density at radius 3 is 1.85 bits per heavy atom. The quantitative estimate of drug-likeness (QED) is 0.717. The number of aryl methyl sites for hydroxylation is 3. The smallest absolute Gasteiger partial charge is 0.193 e. The van der Waals surface area contributed by atoms with Crippen LogP contribution >= 0.6 is 0 Å². The highest BCUT2D eigenvalue weighted by Crippen LogP contribution is 2.22. The molecule has 2 aromatic rings. The fourth-order valence-electron chi connectivity index (χ4n) is 2.51. The lowest BCUT2D eigenvalue weighted by molar-refractivity contribution is 0.103. The van der Waals surface area contributed by atoms with Gasteiger partial charge in [0.2, 0.25) is 0 Å². The molecule has 0 spiro atoms. The summed E-state index contributed by atoms with van der Waals surface area (Å²) >= 11 is 0. The van der Waals surface area contributed by atoms with Crippen LogP contribution in [0.2, 0.25) is 0 Å². The average Bonchev–Trinajstić information content (AvgIpc) is 2.40. The highest BCUT2D eigenvalue weighted by atomic mass is 16.1. The molecule has 0 fully saturated rings. The van der Waals surface area contributed by atoms with Gasteiger partial charge in [0, 0.05) is 11.1 Å². The Hall–Kier alpha value is -1.89. The SMILES string of the molecule is Cc1ccc(C(=O)c2ccc(C(C)C)c(C)c2)cc1C. The topological polar surface area (TPSA) is 17.1 Å². The van der Waals surface area contributed by atoms with Crippen molar-refractivity contribution in [3.05, 3.63) is 69.8 Å². The summed E-state index contributed by atoms with van der Waals surface area (Å²) in [5, 5.41) is 0. The monoisotopic (exact) mass is 266 g/mol. The van der Waals surface area contributed by atoms with Crippen LogP contribution in [-0.4, -0.2) is 5.78 Å². The van der Waals surface area contributed by atoms with Gasteiger partial charge in [0.25, 0.3) is 0 Å². The zero-order valence-corrected chi connectivity index (χ0v) is 12.9. The molecule has 0 atom stereocenters. The second kappa shape index (κ2) is 5.62. The van der Waals surface area contributed by atoms with Crippen LogP contribution in [0.1, 0.15) is 57.9 Å². The first-order chi connectivity index (χ1) is 9.40. The van der Waals surface area contributed by atoms with E-state index in [-0.39, 0.29) is 5.78 Å². The van der Waals surface area contributed by atoms with Gasteiger partial charge < -0.3 is 0 Å². The molecular formula is C19H22O. The van der Waals surface area contributed by atoms with Crippen molar-refractivity contribution in [1.29, 1.82) is 0 Å². The first kappa shape index (κ1) is 14.5. The van der Waals surface area contributed by atoms with E-state index in [0.717, 1.165) is 16.7 Å². The molecule has 0 amide bonds. The van der Waals surface area contributed by atoms with Gasteiger partial charge >= 0.3 is 0 Å². The van der Waals surface area contributed by atoms with Crippen LogP contribution in [0.25, 0.3) is 0 Å². The van der Waals surface area contributed by atoms with E-state index in [1.54, 1.807) is 0 Å². The maximum Gasteiger partial charge on any atom is 0.193 e. The van der Waals surface area contributed by atoms with Gasteiger partial charge in [0.05, 0.1) is 0 Å². The van der Waals surface area contributed by atoms with Crippen LogP contribution < -0.4 is 0 Å². The maximum absolute atomic E-state index is 12.5. The Bertz CT molecular complexity index is 651. The summed E-state index contributed by atoms with van der Waals surface area (Å²) in [6.07, 6.45) is 0. The Morgan fingerprint density at radius 2 is 1.35 bits per heavy atom. The molecule has 104 valence electrons. The van der Waals surface area contributed by atoms with Gasteiger partial charge in [-0.05, 0) is 61.1 Å². The summed E-state index contributed by atoms with van der Waals surface area (Å²) in [5.74, 6) is 0.590. The van der Waals surface area contributed by atoms with E-state index in [2.05, 4.69) is 33.8 Å². The molecule has 0 bridgehead atoms. The summed E-state index contributed by atoms with van der Waals surface area (Å²) in [7, 11) is 0. The molecule has 0 heterocycles. The summed E-state index contributed by atoms with van der Waals surface area (Å²) in [5.41, 5.74) is 6.41. The van der Waals surface area contributed by atoms with E-state index in [1.165, 1.54) is 16.7 Å². The third-order valence-electron chi connectivity index (χ3n) is 3.92. The van der Waals surface area contributed by atoms with E-state index in [4.69, 9.17) is 0 Å². The van der Waals surface area contributed by atoms with Crippen molar-refractivity contribution in [1.82, 2.24) is 0 Å². The van der Waals surface area contributed by atoms with Crippen molar-refractivity contribution in [2.45, 2.75) is 40.5 Å². The van der Waals surface area contributed by atoms with Gasteiger partial charge in [-0.3, -0.25) is 4.79 Å². The molecule has 1 heteroatoms. The van der Waals surface area contributed by atoms with Crippen molar-refractivity contribution in [2.24, 2.45) is 0 Å². The lowest BCUT2D eigenvalue weighted by Gasteiger charge is -2.11. The lowest BCUT2D eigenvalue weighted by Crippen LogP contribution is -2.04. The molecule has 0 aliphatic rings. The molecule has 0 aliphatic carbocycles. The zero-order valence-electron chi connectivity index (χ0n) is 12.9. The molecule has 20 heavy (non-hydrogen) atoms. The molecule has 0 unspecified atom stereocenters. The van der Waals surface area contributed by atoms with E-state index in [9.17, 15) is 4.79 Å². The van der Waals surface area contributed by atoms with Crippen LogP contribution in [0, 0.1) is 20.8 Å². The van der Waals surface area contributed by atoms with Gasteiger partial charge in [-0.1, -0.05) is 38.1 Å². The minimum Gasteiger partial charge on any atom is -0.289 e. The number of carbonyl (C=O) groups excluding carboxylic acids is 1. The largest absolute Gasteiger partial charge is 0.289 e. The number of carbonyl (C=O) groups is 1. The van der Waals surface area contributed by atoms with Gasteiger partial charge in [-0.15, -0.1) is 0 Å². The van der Waals surface area contributed by atoms with Gasteiger partial charge in [0.15, 0.2) is 5.78 Å². The second-order valence-corrected chi connectivity index (χ2v) is 5.85. The summed E-state index contributed by atoms with van der Waals surface area (Å²) in [6.45, 7) is 10.5. The average molecular weight is 266 g/mol. The molecule has 2 aromatic carbocycles. The van der Waals surface area contributed by atoms with Gasteiger partial charge in [0.1, 0.15) is 0 Å². The normalized spacial score (nSPS) is 10.9. The number of rotatable bonds is 3. The van der Waals surface area contributed by atoms with Crippen LogP contribution in [0.3, 0.4) is 0 Å². The van der Waals surface area contributed by atoms with Crippen molar-refractivity contribution in [3.8, 4) is 0 Å². The molecule has 0 radical (unpaired) electrons. The van der Waals surface area contributed by atoms with E-state index in [0.29, 0.717) is 5.92 Å². The number of ketones is 1. The molecule has 0 aliphatic heterocycles. The van der Waals surface area contributed by atoms with E-state index >= 15 is 0 Å². The van der Waals surface area contributed by atoms with Crippen molar-refractivity contribution in [2.75, 3.05) is 0 Å². The van der Waals surface area contributed by atoms with Crippen molar-refractivity contribution >= 4 is 5.78 Å². The zero-order chi connectivity index (χ0) is 14.9. The number of hydrogen-bond acceptors (Lipinski definition) is 1. The second-order valence-electron chi connectivity index (χ2n) is 5.85. The predicted molar refractivity (Wildman–Crippen MR) is 84.6 cm³/mol. The van der Waals surface area contributed by atoms with E-state index in [1.807, 2.05) is 37.3 Å². The molecule has 0 aromatic heterocycles. The van der Waals surface area contributed by atoms with Crippen molar-refractivity contribution < 1.29 is 4.79 Å². The van der Waals surface area contributed by atoms with Crippen LogP contribution in [0.15, 0.2) is 36.4 Å².